The number of benzene rings is 3. The highest BCUT2D eigenvalue weighted by Crippen LogP contribution is 2.59. The lowest BCUT2D eigenvalue weighted by molar-refractivity contribution is 0.0696. The summed E-state index contributed by atoms with van der Waals surface area (Å²) < 4.78 is 36.7. The third-order valence-electron chi connectivity index (χ3n) is 8.26. The van der Waals surface area contributed by atoms with Crippen molar-refractivity contribution >= 4 is 33.5 Å². The number of amides is 1. The van der Waals surface area contributed by atoms with E-state index in [1.165, 1.54) is 32.3 Å². The smallest absolute Gasteiger partial charge is 0.335 e. The molecule has 1 N–H and O–H groups in total. The zero-order chi connectivity index (χ0) is 30.6. The Bertz CT molecular complexity index is 1620. The number of rotatable bonds is 9. The number of hydrogen-bond donors (Lipinski definition) is 1. The number of aromatic carboxylic acids is 1. The Labute approximate surface area is 246 Å². The predicted octanol–water partition coefficient (Wildman–Crippen LogP) is 4.74. The first-order valence-corrected chi connectivity index (χ1v) is 15.5. The number of carboxylic acids is 1. The molecule has 1 amide bonds. The van der Waals surface area contributed by atoms with Crippen LogP contribution in [0.4, 0.5) is 11.4 Å². The number of ether oxygens (including phenoxy) is 1. The van der Waals surface area contributed by atoms with Crippen molar-refractivity contribution in [3.05, 3.63) is 82.4 Å². The molecule has 0 aliphatic carbocycles. The standard InChI is InChI=1S/C31H36N4O6S/c1-7-33(8-2)21-12-15-24-27(18-21)41-28-19-22(34(9-3)10-4)13-16-25(28)31(24)26-17-20(30(37)38)11-14-23(26)29(36)35(31)42(39,40)32(5)6/h11-19H,7-10H2,1-6H3,(H,37,38). The van der Waals surface area contributed by atoms with Gasteiger partial charge in [-0.2, -0.15) is 12.7 Å². The van der Waals surface area contributed by atoms with Crippen LogP contribution >= 0.6 is 0 Å². The Morgan fingerprint density at radius 3 is 1.74 bits per heavy atom. The summed E-state index contributed by atoms with van der Waals surface area (Å²) in [7, 11) is -1.66. The molecule has 0 radical (unpaired) electrons. The molecule has 0 atom stereocenters. The van der Waals surface area contributed by atoms with Gasteiger partial charge in [0, 0.05) is 86.0 Å². The van der Waals surface area contributed by atoms with Gasteiger partial charge in [-0.25, -0.2) is 9.10 Å². The van der Waals surface area contributed by atoms with Gasteiger partial charge in [0.25, 0.3) is 5.91 Å². The molecule has 11 heteroatoms. The van der Waals surface area contributed by atoms with Gasteiger partial charge in [0.1, 0.15) is 17.0 Å². The summed E-state index contributed by atoms with van der Waals surface area (Å²) >= 11 is 0. The quantitative estimate of drug-likeness (QED) is 0.380. The van der Waals surface area contributed by atoms with Crippen LogP contribution in [0.5, 0.6) is 11.5 Å². The van der Waals surface area contributed by atoms with E-state index in [1.54, 1.807) is 12.1 Å². The second kappa shape index (κ2) is 10.6. The van der Waals surface area contributed by atoms with E-state index < -0.39 is 27.6 Å². The maximum Gasteiger partial charge on any atom is 0.335 e. The number of fused-ring (bicyclic) bond motifs is 6. The molecule has 2 aliphatic rings. The second-order valence-electron chi connectivity index (χ2n) is 10.4. The molecule has 0 saturated heterocycles. The highest BCUT2D eigenvalue weighted by atomic mass is 32.2. The third kappa shape index (κ3) is 4.13. The van der Waals surface area contributed by atoms with Crippen LogP contribution in [0.1, 0.15) is 65.1 Å². The van der Waals surface area contributed by atoms with Crippen molar-refractivity contribution in [2.45, 2.75) is 33.2 Å². The highest BCUT2D eigenvalue weighted by molar-refractivity contribution is 7.87. The molecule has 0 bridgehead atoms. The lowest BCUT2D eigenvalue weighted by Gasteiger charge is -2.44. The van der Waals surface area contributed by atoms with Crippen LogP contribution in [-0.2, 0) is 15.7 Å². The largest absolute Gasteiger partial charge is 0.478 e. The second-order valence-corrected chi connectivity index (χ2v) is 12.4. The summed E-state index contributed by atoms with van der Waals surface area (Å²) in [4.78, 5) is 30.6. The number of hydrogen-bond acceptors (Lipinski definition) is 7. The van der Waals surface area contributed by atoms with E-state index in [9.17, 15) is 23.1 Å². The average Bonchev–Trinajstić information content (AvgIpc) is 3.22. The molecule has 42 heavy (non-hydrogen) atoms. The first kappa shape index (κ1) is 29.4. The number of carboxylic acid groups (broad SMARTS) is 1. The zero-order valence-corrected chi connectivity index (χ0v) is 25.5. The maximum absolute atomic E-state index is 14.2. The van der Waals surface area contributed by atoms with E-state index >= 15 is 0 Å². The Hall–Kier alpha value is -4.09. The minimum Gasteiger partial charge on any atom is -0.478 e. The van der Waals surface area contributed by atoms with Crippen LogP contribution in [0.2, 0.25) is 0 Å². The Morgan fingerprint density at radius 2 is 1.31 bits per heavy atom. The minimum absolute atomic E-state index is 0.0564. The predicted molar refractivity (Wildman–Crippen MR) is 162 cm³/mol. The van der Waals surface area contributed by atoms with Crippen LogP contribution in [0.3, 0.4) is 0 Å². The first-order chi connectivity index (χ1) is 20.0. The number of carbonyl (C=O) groups is 2. The summed E-state index contributed by atoms with van der Waals surface area (Å²) in [5.74, 6) is -1.14. The van der Waals surface area contributed by atoms with Crippen molar-refractivity contribution in [2.24, 2.45) is 0 Å². The summed E-state index contributed by atoms with van der Waals surface area (Å²) in [6.45, 7) is 11.1. The molecular weight excluding hydrogens is 556 g/mol. The highest BCUT2D eigenvalue weighted by Gasteiger charge is 2.61. The van der Waals surface area contributed by atoms with Gasteiger partial charge in [0.15, 0.2) is 0 Å². The first-order valence-electron chi connectivity index (χ1n) is 14.1. The molecule has 3 aromatic rings. The molecule has 5 rings (SSSR count). The number of carbonyl (C=O) groups excluding carboxylic acids is 1. The fourth-order valence-electron chi connectivity index (χ4n) is 6.11. The van der Waals surface area contributed by atoms with E-state index in [-0.39, 0.29) is 16.7 Å². The van der Waals surface area contributed by atoms with E-state index in [2.05, 4.69) is 9.80 Å². The van der Waals surface area contributed by atoms with Gasteiger partial charge in [-0.1, -0.05) is 12.1 Å². The van der Waals surface area contributed by atoms with Gasteiger partial charge in [0.05, 0.1) is 5.56 Å². The van der Waals surface area contributed by atoms with Crippen molar-refractivity contribution in [3.8, 4) is 11.5 Å². The Kier molecular flexibility index (Phi) is 7.44. The molecule has 0 unspecified atom stereocenters. The minimum atomic E-state index is -4.40. The van der Waals surface area contributed by atoms with Crippen LogP contribution in [0, 0.1) is 0 Å². The van der Waals surface area contributed by atoms with Crippen molar-refractivity contribution in [1.29, 1.82) is 0 Å². The normalized spacial score (nSPS) is 14.8. The summed E-state index contributed by atoms with van der Waals surface area (Å²) in [6.07, 6.45) is 0. The van der Waals surface area contributed by atoms with Crippen molar-refractivity contribution < 1.29 is 27.9 Å². The van der Waals surface area contributed by atoms with Crippen molar-refractivity contribution in [3.63, 3.8) is 0 Å². The monoisotopic (exact) mass is 592 g/mol. The SMILES string of the molecule is CCN(CC)c1ccc2c(c1)Oc1cc(N(CC)CC)ccc1C21c2cc(C(=O)O)ccc2C(=O)N1S(=O)(=O)N(C)C. The van der Waals surface area contributed by atoms with E-state index in [0.29, 0.717) is 22.6 Å². The lowest BCUT2D eigenvalue weighted by atomic mass is 9.75. The van der Waals surface area contributed by atoms with Gasteiger partial charge in [-0.05, 0) is 58.0 Å². The summed E-state index contributed by atoms with van der Waals surface area (Å²) in [5, 5.41) is 9.92. The molecular formula is C31H36N4O6S. The van der Waals surface area contributed by atoms with Crippen molar-refractivity contribution in [2.75, 3.05) is 50.1 Å². The summed E-state index contributed by atoms with van der Waals surface area (Å²) in [5.41, 5.74) is 1.24. The summed E-state index contributed by atoms with van der Waals surface area (Å²) in [6, 6.07) is 15.2. The zero-order valence-electron chi connectivity index (χ0n) is 24.7. The van der Waals surface area contributed by atoms with E-state index in [4.69, 9.17) is 4.74 Å². The lowest BCUT2D eigenvalue weighted by Crippen LogP contribution is -2.53. The van der Waals surface area contributed by atoms with Crippen LogP contribution in [0.15, 0.2) is 54.6 Å². The van der Waals surface area contributed by atoms with Crippen LogP contribution < -0.4 is 14.5 Å². The fraction of sp³-hybridized carbons (Fsp3) is 0.355. The number of nitrogens with zero attached hydrogens (tertiary/aromatic N) is 4. The fourth-order valence-corrected chi connectivity index (χ4v) is 7.38. The molecule has 2 heterocycles. The van der Waals surface area contributed by atoms with Gasteiger partial charge in [-0.15, -0.1) is 0 Å². The Balaban J connectivity index is 1.95. The molecule has 10 nitrogen and oxygen atoms in total. The van der Waals surface area contributed by atoms with Gasteiger partial charge < -0.3 is 19.6 Å². The molecule has 222 valence electrons. The Morgan fingerprint density at radius 1 is 0.810 bits per heavy atom. The maximum atomic E-state index is 14.2. The van der Waals surface area contributed by atoms with Gasteiger partial charge >= 0.3 is 16.2 Å². The molecule has 0 saturated carbocycles. The van der Waals surface area contributed by atoms with E-state index in [0.717, 1.165) is 46.2 Å². The third-order valence-corrected chi connectivity index (χ3v) is 10.1. The van der Waals surface area contributed by atoms with E-state index in [1.807, 2.05) is 52.0 Å². The molecule has 1 spiro atoms. The van der Waals surface area contributed by atoms with Gasteiger partial charge in [0.2, 0.25) is 0 Å². The number of anilines is 2. The van der Waals surface area contributed by atoms with Gasteiger partial charge in [-0.3, -0.25) is 4.79 Å². The van der Waals surface area contributed by atoms with Crippen molar-refractivity contribution in [1.82, 2.24) is 8.61 Å². The average molecular weight is 593 g/mol. The van der Waals surface area contributed by atoms with Crippen LogP contribution in [-0.4, -0.2) is 74.3 Å². The molecule has 2 aliphatic heterocycles. The molecule has 0 aromatic heterocycles. The topological polar surface area (TPSA) is 111 Å². The molecule has 0 fully saturated rings. The van der Waals surface area contributed by atoms with Crippen LogP contribution in [0.25, 0.3) is 0 Å². The molecule has 3 aromatic carbocycles.